The second-order valence-electron chi connectivity index (χ2n) is 3.42. The van der Waals surface area contributed by atoms with Crippen molar-refractivity contribution in [3.63, 3.8) is 0 Å². The number of Topliss-reactive ketones (excluding diaryl/α,β-unsaturated/α-hetero) is 1. The number of hydrogen-bond acceptors (Lipinski definition) is 2. The highest BCUT2D eigenvalue weighted by molar-refractivity contribution is 6.18. The van der Waals surface area contributed by atoms with Gasteiger partial charge in [-0.1, -0.05) is 6.42 Å². The van der Waals surface area contributed by atoms with Crippen LogP contribution in [0.25, 0.3) is 0 Å². The number of carbonyl (C=O) groups is 2. The molecule has 0 aliphatic rings. The van der Waals surface area contributed by atoms with Crippen molar-refractivity contribution in [2.75, 3.05) is 5.88 Å². The number of aliphatic carboxylic acids is 1. The van der Waals surface area contributed by atoms with Crippen molar-refractivity contribution in [3.8, 4) is 0 Å². The summed E-state index contributed by atoms with van der Waals surface area (Å²) < 4.78 is 0. The lowest BCUT2D eigenvalue weighted by Gasteiger charge is -2.10. The van der Waals surface area contributed by atoms with Gasteiger partial charge in [0.25, 0.3) is 0 Å². The fraction of sp³-hybridized carbons (Fsp3) is 0.800. The number of carbonyl (C=O) groups excluding carboxylic acids is 1. The van der Waals surface area contributed by atoms with Crippen LogP contribution in [0.2, 0.25) is 0 Å². The second-order valence-corrected chi connectivity index (χ2v) is 3.80. The Bertz CT molecular complexity index is 192. The average Bonchev–Trinajstić information content (AvgIpc) is 2.09. The number of alkyl halides is 1. The third-order valence-electron chi connectivity index (χ3n) is 2.23. The summed E-state index contributed by atoms with van der Waals surface area (Å²) in [6.45, 7) is 1.56. The Morgan fingerprint density at radius 3 is 2.36 bits per heavy atom. The van der Waals surface area contributed by atoms with Gasteiger partial charge in [-0.05, 0) is 26.2 Å². The Labute approximate surface area is 89.4 Å². The molecule has 3 nitrogen and oxygen atoms in total. The summed E-state index contributed by atoms with van der Waals surface area (Å²) in [5, 5.41) is 8.40. The summed E-state index contributed by atoms with van der Waals surface area (Å²) in [6, 6.07) is 0. The van der Waals surface area contributed by atoms with E-state index < -0.39 is 5.97 Å². The monoisotopic (exact) mass is 220 g/mol. The first-order valence-corrected chi connectivity index (χ1v) is 5.39. The number of carboxylic acids is 1. The van der Waals surface area contributed by atoms with Crippen LogP contribution in [0.3, 0.4) is 0 Å². The molecular formula is C10H17ClO3. The quantitative estimate of drug-likeness (QED) is 0.505. The zero-order valence-electron chi connectivity index (χ0n) is 8.46. The van der Waals surface area contributed by atoms with Gasteiger partial charge in [-0.15, -0.1) is 11.6 Å². The largest absolute Gasteiger partial charge is 0.481 e. The number of carboxylic acid groups (broad SMARTS) is 1. The van der Waals surface area contributed by atoms with Gasteiger partial charge in [0.15, 0.2) is 0 Å². The maximum Gasteiger partial charge on any atom is 0.303 e. The van der Waals surface area contributed by atoms with E-state index in [0.29, 0.717) is 18.7 Å². The molecule has 0 aromatic carbocycles. The van der Waals surface area contributed by atoms with E-state index in [4.69, 9.17) is 16.7 Å². The molecule has 4 heteroatoms. The fourth-order valence-corrected chi connectivity index (χ4v) is 1.61. The molecule has 0 spiro atoms. The summed E-state index contributed by atoms with van der Waals surface area (Å²) in [5.74, 6) is -0.118. The van der Waals surface area contributed by atoms with Gasteiger partial charge in [0.1, 0.15) is 5.78 Å². The number of unbranched alkanes of at least 4 members (excludes halogenated alkanes) is 1. The van der Waals surface area contributed by atoms with Crippen LogP contribution in [-0.2, 0) is 9.59 Å². The van der Waals surface area contributed by atoms with E-state index in [9.17, 15) is 9.59 Å². The van der Waals surface area contributed by atoms with Gasteiger partial charge in [0.2, 0.25) is 0 Å². The summed E-state index contributed by atoms with van der Waals surface area (Å²) in [4.78, 5) is 21.3. The lowest BCUT2D eigenvalue weighted by molar-refractivity contribution is -0.137. The van der Waals surface area contributed by atoms with Crippen LogP contribution >= 0.6 is 11.6 Å². The van der Waals surface area contributed by atoms with Gasteiger partial charge in [-0.3, -0.25) is 9.59 Å². The summed E-state index contributed by atoms with van der Waals surface area (Å²) in [6.07, 6.45) is 3.07. The van der Waals surface area contributed by atoms with Crippen LogP contribution in [-0.4, -0.2) is 22.7 Å². The number of rotatable bonds is 8. The summed E-state index contributed by atoms with van der Waals surface area (Å²) in [7, 11) is 0. The highest BCUT2D eigenvalue weighted by Gasteiger charge is 2.12. The molecule has 0 aromatic rings. The molecular weight excluding hydrogens is 204 g/mol. The molecule has 0 aliphatic carbocycles. The minimum Gasteiger partial charge on any atom is -0.481 e. The Balaban J connectivity index is 3.61. The highest BCUT2D eigenvalue weighted by atomic mass is 35.5. The van der Waals surface area contributed by atoms with E-state index in [0.717, 1.165) is 12.8 Å². The van der Waals surface area contributed by atoms with Crippen molar-refractivity contribution >= 4 is 23.4 Å². The standard InChI is InChI=1S/C10H17ClO3/c1-8(12)9(6-7-11)4-2-3-5-10(13)14/h9H,2-7H2,1H3,(H,13,14). The van der Waals surface area contributed by atoms with Crippen molar-refractivity contribution < 1.29 is 14.7 Å². The molecule has 0 saturated heterocycles. The number of halogens is 1. The van der Waals surface area contributed by atoms with Crippen LogP contribution in [0.15, 0.2) is 0 Å². The van der Waals surface area contributed by atoms with Gasteiger partial charge in [-0.25, -0.2) is 0 Å². The molecule has 0 saturated carbocycles. The maximum absolute atomic E-state index is 11.1. The molecule has 0 radical (unpaired) electrons. The molecule has 0 bridgehead atoms. The maximum atomic E-state index is 11.1. The van der Waals surface area contributed by atoms with Crippen molar-refractivity contribution in [2.24, 2.45) is 5.92 Å². The van der Waals surface area contributed by atoms with E-state index >= 15 is 0 Å². The second kappa shape index (κ2) is 7.80. The molecule has 0 amide bonds. The number of ketones is 1. The molecule has 0 fully saturated rings. The molecule has 82 valence electrons. The Morgan fingerprint density at radius 1 is 1.29 bits per heavy atom. The Morgan fingerprint density at radius 2 is 1.93 bits per heavy atom. The Kier molecular flexibility index (Phi) is 7.48. The third-order valence-corrected chi connectivity index (χ3v) is 2.44. The van der Waals surface area contributed by atoms with Gasteiger partial charge < -0.3 is 5.11 Å². The average molecular weight is 221 g/mol. The lowest BCUT2D eigenvalue weighted by atomic mass is 9.95. The van der Waals surface area contributed by atoms with Gasteiger partial charge >= 0.3 is 5.97 Å². The van der Waals surface area contributed by atoms with Crippen LogP contribution in [0.1, 0.15) is 39.0 Å². The van der Waals surface area contributed by atoms with Crippen molar-refractivity contribution in [2.45, 2.75) is 39.0 Å². The van der Waals surface area contributed by atoms with E-state index in [-0.39, 0.29) is 18.1 Å². The summed E-state index contributed by atoms with van der Waals surface area (Å²) in [5.41, 5.74) is 0. The highest BCUT2D eigenvalue weighted by Crippen LogP contribution is 2.15. The van der Waals surface area contributed by atoms with E-state index in [1.54, 1.807) is 6.92 Å². The Hall–Kier alpha value is -0.570. The van der Waals surface area contributed by atoms with Gasteiger partial charge in [-0.2, -0.15) is 0 Å². The minimum atomic E-state index is -0.776. The summed E-state index contributed by atoms with van der Waals surface area (Å²) >= 11 is 5.56. The molecule has 0 aliphatic heterocycles. The zero-order valence-corrected chi connectivity index (χ0v) is 9.22. The topological polar surface area (TPSA) is 54.4 Å². The van der Waals surface area contributed by atoms with Crippen molar-refractivity contribution in [3.05, 3.63) is 0 Å². The van der Waals surface area contributed by atoms with E-state index in [1.165, 1.54) is 0 Å². The van der Waals surface area contributed by atoms with Crippen molar-refractivity contribution in [1.29, 1.82) is 0 Å². The molecule has 14 heavy (non-hydrogen) atoms. The fourth-order valence-electron chi connectivity index (χ4n) is 1.35. The molecule has 0 aromatic heterocycles. The molecule has 0 rings (SSSR count). The predicted octanol–water partition coefficient (Wildman–Crippen LogP) is 2.47. The smallest absolute Gasteiger partial charge is 0.303 e. The first-order valence-electron chi connectivity index (χ1n) is 4.86. The molecule has 1 unspecified atom stereocenters. The third kappa shape index (κ3) is 6.89. The van der Waals surface area contributed by atoms with Crippen LogP contribution < -0.4 is 0 Å². The van der Waals surface area contributed by atoms with Crippen LogP contribution in [0.5, 0.6) is 0 Å². The van der Waals surface area contributed by atoms with E-state index in [1.807, 2.05) is 0 Å². The lowest BCUT2D eigenvalue weighted by Crippen LogP contribution is -2.11. The first-order chi connectivity index (χ1) is 6.57. The molecule has 0 heterocycles. The van der Waals surface area contributed by atoms with Crippen molar-refractivity contribution in [1.82, 2.24) is 0 Å². The van der Waals surface area contributed by atoms with E-state index in [2.05, 4.69) is 0 Å². The predicted molar refractivity (Wildman–Crippen MR) is 55.6 cm³/mol. The van der Waals surface area contributed by atoms with Crippen LogP contribution in [0.4, 0.5) is 0 Å². The van der Waals surface area contributed by atoms with Crippen LogP contribution in [0, 0.1) is 5.92 Å². The molecule has 1 N–H and O–H groups in total. The van der Waals surface area contributed by atoms with Gasteiger partial charge in [0, 0.05) is 18.2 Å². The normalized spacial score (nSPS) is 12.4. The van der Waals surface area contributed by atoms with Gasteiger partial charge in [0.05, 0.1) is 0 Å². The SMILES string of the molecule is CC(=O)C(CCCl)CCCCC(=O)O. The molecule has 1 atom stereocenters. The number of hydrogen-bond donors (Lipinski definition) is 1. The first kappa shape index (κ1) is 13.4. The minimum absolute atomic E-state index is 0.0151. The zero-order chi connectivity index (χ0) is 11.0.